The predicted octanol–water partition coefficient (Wildman–Crippen LogP) is 0.839. The van der Waals surface area contributed by atoms with Crippen molar-refractivity contribution in [3.05, 3.63) is 39.4 Å². The van der Waals surface area contributed by atoms with Crippen LogP contribution in [-0.4, -0.2) is 44.2 Å². The summed E-state index contributed by atoms with van der Waals surface area (Å²) in [6.45, 7) is 1.67. The monoisotopic (exact) mass is 303 g/mol. The highest BCUT2D eigenvalue weighted by atomic mass is 19.2. The van der Waals surface area contributed by atoms with Crippen LogP contribution >= 0.6 is 0 Å². The van der Waals surface area contributed by atoms with Gasteiger partial charge in [-0.1, -0.05) is 0 Å². The summed E-state index contributed by atoms with van der Waals surface area (Å²) in [6, 6.07) is 0.905. The molecule has 116 valence electrons. The van der Waals surface area contributed by atoms with E-state index in [4.69, 9.17) is 4.74 Å². The van der Waals surface area contributed by atoms with Crippen LogP contribution in [0.1, 0.15) is 10.4 Å². The number of nitro benzene ring substituents is 1. The van der Waals surface area contributed by atoms with E-state index in [2.05, 4.69) is 10.6 Å². The van der Waals surface area contributed by atoms with Crippen molar-refractivity contribution in [1.29, 1.82) is 0 Å². The molecular weight excluding hydrogens is 288 g/mol. The molecule has 0 aromatic heterocycles. The molecule has 0 aliphatic rings. The van der Waals surface area contributed by atoms with Crippen LogP contribution in [0.4, 0.5) is 14.5 Å². The van der Waals surface area contributed by atoms with Gasteiger partial charge < -0.3 is 15.4 Å². The second-order valence-electron chi connectivity index (χ2n) is 4.04. The molecule has 21 heavy (non-hydrogen) atoms. The van der Waals surface area contributed by atoms with Gasteiger partial charge in [0.2, 0.25) is 0 Å². The van der Waals surface area contributed by atoms with E-state index < -0.39 is 33.7 Å². The summed E-state index contributed by atoms with van der Waals surface area (Å²) in [5.74, 6) is -3.53. The van der Waals surface area contributed by atoms with Crippen LogP contribution in [-0.2, 0) is 4.74 Å². The third-order valence-electron chi connectivity index (χ3n) is 2.55. The zero-order valence-electron chi connectivity index (χ0n) is 11.3. The maximum Gasteiger partial charge on any atom is 0.285 e. The van der Waals surface area contributed by atoms with Gasteiger partial charge in [0, 0.05) is 26.7 Å². The van der Waals surface area contributed by atoms with E-state index in [9.17, 15) is 23.7 Å². The van der Waals surface area contributed by atoms with Gasteiger partial charge in [-0.25, -0.2) is 8.78 Å². The highest BCUT2D eigenvalue weighted by molar-refractivity contribution is 5.98. The van der Waals surface area contributed by atoms with Crippen molar-refractivity contribution in [3.8, 4) is 0 Å². The molecule has 7 nitrogen and oxygen atoms in total. The minimum atomic E-state index is -1.38. The lowest BCUT2D eigenvalue weighted by atomic mass is 10.1. The number of methoxy groups -OCH3 is 1. The number of nitrogens with zero attached hydrogens (tertiary/aromatic N) is 1. The molecule has 0 saturated carbocycles. The number of hydrogen-bond donors (Lipinski definition) is 2. The van der Waals surface area contributed by atoms with Crippen LogP contribution < -0.4 is 10.6 Å². The Morgan fingerprint density at radius 3 is 2.57 bits per heavy atom. The molecule has 0 radical (unpaired) electrons. The topological polar surface area (TPSA) is 93.5 Å². The smallest absolute Gasteiger partial charge is 0.285 e. The van der Waals surface area contributed by atoms with Crippen LogP contribution in [0, 0.1) is 21.7 Å². The number of rotatable bonds is 8. The van der Waals surface area contributed by atoms with Gasteiger partial charge in [-0.15, -0.1) is 0 Å². The maximum atomic E-state index is 13.1. The first kappa shape index (κ1) is 16.9. The summed E-state index contributed by atoms with van der Waals surface area (Å²) >= 11 is 0. The molecule has 1 amide bonds. The molecular formula is C12H15F2N3O4. The molecule has 1 aromatic carbocycles. The van der Waals surface area contributed by atoms with Crippen molar-refractivity contribution in [2.24, 2.45) is 0 Å². The van der Waals surface area contributed by atoms with E-state index in [0.717, 1.165) is 0 Å². The molecule has 1 rings (SSSR count). The van der Waals surface area contributed by atoms with Gasteiger partial charge in [0.1, 0.15) is 5.56 Å². The fraction of sp³-hybridized carbons (Fsp3) is 0.417. The number of carbonyl (C=O) groups is 1. The van der Waals surface area contributed by atoms with Gasteiger partial charge in [0.05, 0.1) is 17.6 Å². The summed E-state index contributed by atoms with van der Waals surface area (Å²) in [4.78, 5) is 21.6. The number of ether oxygens (including phenoxy) is 1. The summed E-state index contributed by atoms with van der Waals surface area (Å²) in [5.41, 5.74) is -1.30. The van der Waals surface area contributed by atoms with Crippen LogP contribution in [0.3, 0.4) is 0 Å². The van der Waals surface area contributed by atoms with Gasteiger partial charge in [-0.3, -0.25) is 14.9 Å². The summed E-state index contributed by atoms with van der Waals surface area (Å²) < 4.78 is 30.9. The molecule has 0 spiro atoms. The zero-order valence-corrected chi connectivity index (χ0v) is 11.3. The van der Waals surface area contributed by atoms with Gasteiger partial charge in [0.25, 0.3) is 11.6 Å². The standard InChI is InChI=1S/C12H15F2N3O4/c1-21-5-4-15-2-3-16-12(18)8-6-9(13)10(14)7-11(8)17(19)20/h6-7,15H,2-5H2,1H3,(H,16,18). The normalized spacial score (nSPS) is 10.4. The highest BCUT2D eigenvalue weighted by Crippen LogP contribution is 2.22. The summed E-state index contributed by atoms with van der Waals surface area (Å²) in [6.07, 6.45) is 0. The Kier molecular flexibility index (Phi) is 6.63. The number of benzene rings is 1. The first-order valence-corrected chi connectivity index (χ1v) is 6.08. The minimum Gasteiger partial charge on any atom is -0.383 e. The number of amides is 1. The van der Waals surface area contributed by atoms with E-state index in [-0.39, 0.29) is 6.54 Å². The van der Waals surface area contributed by atoms with Gasteiger partial charge in [-0.2, -0.15) is 0 Å². The Labute approximate surface area is 119 Å². The summed E-state index contributed by atoms with van der Waals surface area (Å²) in [7, 11) is 1.55. The molecule has 0 fully saturated rings. The van der Waals surface area contributed by atoms with E-state index >= 15 is 0 Å². The van der Waals surface area contributed by atoms with Crippen molar-refractivity contribution in [2.75, 3.05) is 33.4 Å². The second kappa shape index (κ2) is 8.22. The molecule has 2 N–H and O–H groups in total. The molecule has 9 heteroatoms. The van der Waals surface area contributed by atoms with Crippen molar-refractivity contribution in [3.63, 3.8) is 0 Å². The predicted molar refractivity (Wildman–Crippen MR) is 70.1 cm³/mol. The lowest BCUT2D eigenvalue weighted by Crippen LogP contribution is -2.33. The molecule has 0 bridgehead atoms. The molecule has 0 aliphatic carbocycles. The van der Waals surface area contributed by atoms with Crippen LogP contribution in [0.15, 0.2) is 12.1 Å². The number of halogens is 2. The zero-order chi connectivity index (χ0) is 15.8. The second-order valence-corrected chi connectivity index (χ2v) is 4.04. The number of hydrogen-bond acceptors (Lipinski definition) is 5. The molecule has 0 atom stereocenters. The van der Waals surface area contributed by atoms with Crippen LogP contribution in [0.25, 0.3) is 0 Å². The Morgan fingerprint density at radius 2 is 1.95 bits per heavy atom. The third kappa shape index (κ3) is 5.04. The van der Waals surface area contributed by atoms with Crippen molar-refractivity contribution >= 4 is 11.6 Å². The fourth-order valence-corrected chi connectivity index (χ4v) is 1.53. The molecule has 0 unspecified atom stereocenters. The third-order valence-corrected chi connectivity index (χ3v) is 2.55. The van der Waals surface area contributed by atoms with Gasteiger partial charge in [-0.05, 0) is 6.07 Å². The van der Waals surface area contributed by atoms with E-state index in [1.165, 1.54) is 0 Å². The summed E-state index contributed by atoms with van der Waals surface area (Å²) in [5, 5.41) is 16.1. The van der Waals surface area contributed by atoms with E-state index in [1.807, 2.05) is 0 Å². The van der Waals surface area contributed by atoms with Crippen molar-refractivity contribution in [2.45, 2.75) is 0 Å². The van der Waals surface area contributed by atoms with Crippen LogP contribution in [0.5, 0.6) is 0 Å². The lowest BCUT2D eigenvalue weighted by molar-refractivity contribution is -0.385. The maximum absolute atomic E-state index is 13.1. The molecule has 0 saturated heterocycles. The number of carbonyl (C=O) groups excluding carboxylic acids is 1. The van der Waals surface area contributed by atoms with E-state index in [1.54, 1.807) is 7.11 Å². The average Bonchev–Trinajstić information content (AvgIpc) is 2.44. The minimum absolute atomic E-state index is 0.179. The SMILES string of the molecule is COCCNCCNC(=O)c1cc(F)c(F)cc1[N+](=O)[O-]. The van der Waals surface area contributed by atoms with Gasteiger partial charge >= 0.3 is 0 Å². The van der Waals surface area contributed by atoms with Crippen LogP contribution in [0.2, 0.25) is 0 Å². The van der Waals surface area contributed by atoms with Crippen molar-refractivity contribution < 1.29 is 23.2 Å². The quantitative estimate of drug-likeness (QED) is 0.422. The molecule has 0 heterocycles. The van der Waals surface area contributed by atoms with E-state index in [0.29, 0.717) is 31.8 Å². The Bertz CT molecular complexity index is 525. The average molecular weight is 303 g/mol. The molecule has 0 aliphatic heterocycles. The fourth-order valence-electron chi connectivity index (χ4n) is 1.53. The van der Waals surface area contributed by atoms with Crippen molar-refractivity contribution in [1.82, 2.24) is 10.6 Å². The largest absolute Gasteiger partial charge is 0.383 e. The Balaban J connectivity index is 2.65. The Hall–Kier alpha value is -2.13. The lowest BCUT2D eigenvalue weighted by Gasteiger charge is -2.07. The highest BCUT2D eigenvalue weighted by Gasteiger charge is 2.23. The Morgan fingerprint density at radius 1 is 1.29 bits per heavy atom. The molecule has 1 aromatic rings. The first-order valence-electron chi connectivity index (χ1n) is 6.08. The number of nitro groups is 1. The first-order chi connectivity index (χ1) is 9.97. The number of nitrogens with one attached hydrogen (secondary N) is 2. The van der Waals surface area contributed by atoms with Gasteiger partial charge in [0.15, 0.2) is 11.6 Å².